The van der Waals surface area contributed by atoms with Crippen molar-refractivity contribution in [2.24, 2.45) is 0 Å². The van der Waals surface area contributed by atoms with Crippen LogP contribution in [0, 0.1) is 6.92 Å². The lowest BCUT2D eigenvalue weighted by molar-refractivity contribution is -0.123. The highest BCUT2D eigenvalue weighted by molar-refractivity contribution is 9.10. The summed E-state index contributed by atoms with van der Waals surface area (Å²) in [5.41, 5.74) is 3.35. The minimum absolute atomic E-state index is 0.0225. The number of nitrogens with zero attached hydrogens (tertiary/aromatic N) is 2. The topological polar surface area (TPSA) is 56.1 Å². The van der Waals surface area contributed by atoms with Gasteiger partial charge >= 0.3 is 0 Å². The van der Waals surface area contributed by atoms with Gasteiger partial charge in [0.25, 0.3) is 5.91 Å². The maximum absolute atomic E-state index is 12.1. The Bertz CT molecular complexity index is 879. The molecule has 1 N–H and O–H groups in total. The molecule has 6 heteroatoms. The van der Waals surface area contributed by atoms with Gasteiger partial charge in [-0.2, -0.15) is 0 Å². The van der Waals surface area contributed by atoms with Crippen molar-refractivity contribution in [2.45, 2.75) is 20.0 Å². The molecule has 134 valence electrons. The van der Waals surface area contributed by atoms with E-state index in [1.165, 1.54) is 0 Å². The maximum Gasteiger partial charge on any atom is 0.258 e. The first-order valence-corrected chi connectivity index (χ1v) is 9.09. The molecule has 0 aliphatic carbocycles. The van der Waals surface area contributed by atoms with Crippen LogP contribution in [0.25, 0.3) is 0 Å². The summed E-state index contributed by atoms with van der Waals surface area (Å²) in [6.45, 7) is 3.16. The number of aromatic nitrogens is 2. The summed E-state index contributed by atoms with van der Waals surface area (Å²) in [6.07, 6.45) is 5.45. The summed E-state index contributed by atoms with van der Waals surface area (Å²) in [7, 11) is 0. The second kappa shape index (κ2) is 8.67. The van der Waals surface area contributed by atoms with Crippen molar-refractivity contribution in [1.29, 1.82) is 0 Å². The highest BCUT2D eigenvalue weighted by Crippen LogP contribution is 2.25. The summed E-state index contributed by atoms with van der Waals surface area (Å²) in [6, 6.07) is 13.8. The number of halogens is 1. The normalized spacial score (nSPS) is 10.5. The fourth-order valence-corrected chi connectivity index (χ4v) is 3.18. The molecule has 26 heavy (non-hydrogen) atoms. The number of aryl methyl sites for hydroxylation is 1. The number of carbonyl (C=O) groups excluding carboxylic acids is 1. The van der Waals surface area contributed by atoms with Gasteiger partial charge in [-0.05, 0) is 51.7 Å². The van der Waals surface area contributed by atoms with E-state index < -0.39 is 0 Å². The molecule has 0 saturated heterocycles. The zero-order valence-corrected chi connectivity index (χ0v) is 16.1. The molecule has 0 atom stereocenters. The quantitative estimate of drug-likeness (QED) is 0.642. The van der Waals surface area contributed by atoms with E-state index in [-0.39, 0.29) is 12.5 Å². The Morgan fingerprint density at radius 1 is 1.23 bits per heavy atom. The molecule has 0 saturated carbocycles. The number of imidazole rings is 1. The largest absolute Gasteiger partial charge is 0.483 e. The minimum atomic E-state index is -0.157. The predicted molar refractivity (Wildman–Crippen MR) is 104 cm³/mol. The Kier molecular flexibility index (Phi) is 6.07. The van der Waals surface area contributed by atoms with Gasteiger partial charge in [-0.25, -0.2) is 4.98 Å². The van der Waals surface area contributed by atoms with Crippen LogP contribution in [-0.2, 0) is 17.9 Å². The van der Waals surface area contributed by atoms with Crippen LogP contribution in [0.5, 0.6) is 5.75 Å². The van der Waals surface area contributed by atoms with Crippen molar-refractivity contribution >= 4 is 21.8 Å². The lowest BCUT2D eigenvalue weighted by Crippen LogP contribution is -2.29. The first-order chi connectivity index (χ1) is 12.6. The molecule has 0 aliphatic rings. The standard InChI is InChI=1S/C20H20BrN3O2/c1-15-6-7-19(18(21)10-15)26-13-20(25)23-11-16-4-2-3-5-17(16)12-24-9-8-22-14-24/h2-10,14H,11-13H2,1H3,(H,23,25). The molecule has 1 heterocycles. The van der Waals surface area contributed by atoms with Crippen molar-refractivity contribution in [3.8, 4) is 5.75 Å². The number of nitrogens with one attached hydrogen (secondary N) is 1. The molecule has 1 aromatic heterocycles. The summed E-state index contributed by atoms with van der Waals surface area (Å²) in [4.78, 5) is 16.2. The third-order valence-electron chi connectivity index (χ3n) is 3.95. The molecule has 0 aliphatic heterocycles. The molecule has 0 spiro atoms. The molecule has 5 nitrogen and oxygen atoms in total. The van der Waals surface area contributed by atoms with Crippen LogP contribution in [0.3, 0.4) is 0 Å². The number of benzene rings is 2. The third-order valence-corrected chi connectivity index (χ3v) is 4.57. The van der Waals surface area contributed by atoms with Gasteiger partial charge in [0.05, 0.1) is 10.8 Å². The van der Waals surface area contributed by atoms with E-state index in [9.17, 15) is 4.79 Å². The van der Waals surface area contributed by atoms with E-state index in [0.717, 1.165) is 27.7 Å². The average molecular weight is 414 g/mol. The Morgan fingerprint density at radius 2 is 2.04 bits per heavy atom. The van der Waals surface area contributed by atoms with E-state index in [1.54, 1.807) is 12.5 Å². The first kappa shape index (κ1) is 18.2. The second-order valence-corrected chi connectivity index (χ2v) is 6.86. The Balaban J connectivity index is 1.54. The van der Waals surface area contributed by atoms with E-state index in [1.807, 2.05) is 54.1 Å². The number of carbonyl (C=O) groups is 1. The van der Waals surface area contributed by atoms with Gasteiger partial charge in [-0.1, -0.05) is 30.3 Å². The zero-order valence-electron chi connectivity index (χ0n) is 14.5. The van der Waals surface area contributed by atoms with Gasteiger partial charge in [0, 0.05) is 25.5 Å². The van der Waals surface area contributed by atoms with Crippen molar-refractivity contribution in [1.82, 2.24) is 14.9 Å². The predicted octanol–water partition coefficient (Wildman–Crippen LogP) is 3.70. The molecule has 3 aromatic rings. The second-order valence-electron chi connectivity index (χ2n) is 6.00. The average Bonchev–Trinajstić information content (AvgIpc) is 3.13. The molecular formula is C20H20BrN3O2. The smallest absolute Gasteiger partial charge is 0.258 e. The molecule has 0 unspecified atom stereocenters. The summed E-state index contributed by atoms with van der Waals surface area (Å²) in [5, 5.41) is 2.92. The highest BCUT2D eigenvalue weighted by atomic mass is 79.9. The number of hydrogen-bond donors (Lipinski definition) is 1. The van der Waals surface area contributed by atoms with Crippen LogP contribution in [-0.4, -0.2) is 22.1 Å². The fourth-order valence-electron chi connectivity index (χ4n) is 2.57. The van der Waals surface area contributed by atoms with E-state index in [4.69, 9.17) is 4.74 Å². The summed E-state index contributed by atoms with van der Waals surface area (Å²) < 4.78 is 8.43. The number of amides is 1. The van der Waals surface area contributed by atoms with E-state index >= 15 is 0 Å². The van der Waals surface area contributed by atoms with Gasteiger partial charge in [0.2, 0.25) is 0 Å². The van der Waals surface area contributed by atoms with Crippen LogP contribution in [0.1, 0.15) is 16.7 Å². The summed E-state index contributed by atoms with van der Waals surface area (Å²) >= 11 is 3.45. The number of rotatable bonds is 7. The van der Waals surface area contributed by atoms with Gasteiger partial charge in [-0.3, -0.25) is 4.79 Å². The molecule has 3 rings (SSSR count). The maximum atomic E-state index is 12.1. The molecule has 0 fully saturated rings. The lowest BCUT2D eigenvalue weighted by Gasteiger charge is -2.12. The van der Waals surface area contributed by atoms with Gasteiger partial charge in [0.1, 0.15) is 5.75 Å². The van der Waals surface area contributed by atoms with Crippen LogP contribution >= 0.6 is 15.9 Å². The molecule has 0 radical (unpaired) electrons. The highest BCUT2D eigenvalue weighted by Gasteiger charge is 2.08. The Hall–Kier alpha value is -2.60. The zero-order chi connectivity index (χ0) is 18.4. The summed E-state index contributed by atoms with van der Waals surface area (Å²) in [5.74, 6) is 0.501. The molecule has 1 amide bonds. The van der Waals surface area contributed by atoms with Crippen molar-refractivity contribution in [3.05, 3.63) is 82.3 Å². The van der Waals surface area contributed by atoms with Crippen molar-refractivity contribution in [3.63, 3.8) is 0 Å². The molecule has 2 aromatic carbocycles. The van der Waals surface area contributed by atoms with Gasteiger partial charge in [0.15, 0.2) is 6.61 Å². The Morgan fingerprint density at radius 3 is 2.77 bits per heavy atom. The number of hydrogen-bond acceptors (Lipinski definition) is 3. The van der Waals surface area contributed by atoms with Crippen LogP contribution in [0.4, 0.5) is 0 Å². The fraction of sp³-hybridized carbons (Fsp3) is 0.200. The lowest BCUT2D eigenvalue weighted by atomic mass is 10.1. The van der Waals surface area contributed by atoms with Crippen LogP contribution in [0.15, 0.2) is 65.7 Å². The van der Waals surface area contributed by atoms with Gasteiger partial charge in [-0.15, -0.1) is 0 Å². The monoisotopic (exact) mass is 413 g/mol. The molecular weight excluding hydrogens is 394 g/mol. The van der Waals surface area contributed by atoms with E-state index in [2.05, 4.69) is 32.3 Å². The van der Waals surface area contributed by atoms with E-state index in [0.29, 0.717) is 12.3 Å². The number of ether oxygens (including phenoxy) is 1. The SMILES string of the molecule is Cc1ccc(OCC(=O)NCc2ccccc2Cn2ccnc2)c(Br)c1. The Labute approximate surface area is 161 Å². The van der Waals surface area contributed by atoms with Crippen molar-refractivity contribution < 1.29 is 9.53 Å². The minimum Gasteiger partial charge on any atom is -0.483 e. The van der Waals surface area contributed by atoms with Gasteiger partial charge < -0.3 is 14.6 Å². The van der Waals surface area contributed by atoms with Crippen LogP contribution < -0.4 is 10.1 Å². The van der Waals surface area contributed by atoms with Crippen LogP contribution in [0.2, 0.25) is 0 Å². The van der Waals surface area contributed by atoms with Crippen molar-refractivity contribution in [2.75, 3.05) is 6.61 Å². The first-order valence-electron chi connectivity index (χ1n) is 8.30. The third kappa shape index (κ3) is 4.95. The molecule has 0 bridgehead atoms.